The van der Waals surface area contributed by atoms with Gasteiger partial charge in [0, 0.05) is 31.7 Å². The van der Waals surface area contributed by atoms with E-state index in [2.05, 4.69) is 40.9 Å². The second-order valence-electron chi connectivity index (χ2n) is 7.13. The number of nitrogens with two attached hydrogens (primary N) is 1. The number of rotatable bonds is 6. The molecule has 2 rings (SSSR count). The van der Waals surface area contributed by atoms with Crippen molar-refractivity contribution in [3.8, 4) is 0 Å². The minimum atomic E-state index is 0.629. The summed E-state index contributed by atoms with van der Waals surface area (Å²) in [4.78, 5) is 9.68. The Morgan fingerprint density at radius 1 is 1.27 bits per heavy atom. The predicted octanol–water partition coefficient (Wildman–Crippen LogP) is 1.50. The fourth-order valence-electron chi connectivity index (χ4n) is 3.76. The smallest absolute Gasteiger partial charge is 0.188 e. The monoisotopic (exact) mass is 309 g/mol. The van der Waals surface area contributed by atoms with E-state index in [9.17, 15) is 0 Å². The molecule has 2 saturated heterocycles. The molecule has 2 aliphatic heterocycles. The van der Waals surface area contributed by atoms with Crippen LogP contribution in [-0.4, -0.2) is 67.1 Å². The number of piperidine rings is 1. The summed E-state index contributed by atoms with van der Waals surface area (Å²) >= 11 is 0. The summed E-state index contributed by atoms with van der Waals surface area (Å²) in [6, 6.07) is 1.27. The highest BCUT2D eigenvalue weighted by Crippen LogP contribution is 2.18. The van der Waals surface area contributed by atoms with Gasteiger partial charge in [-0.2, -0.15) is 0 Å². The van der Waals surface area contributed by atoms with Crippen molar-refractivity contribution in [2.45, 2.75) is 58.5 Å². The van der Waals surface area contributed by atoms with Gasteiger partial charge in [0.1, 0.15) is 0 Å². The van der Waals surface area contributed by atoms with Crippen molar-refractivity contribution in [3.05, 3.63) is 0 Å². The first-order valence-corrected chi connectivity index (χ1v) is 9.12. The van der Waals surface area contributed by atoms with Crippen LogP contribution in [-0.2, 0) is 0 Å². The van der Waals surface area contributed by atoms with Gasteiger partial charge in [-0.05, 0) is 65.1 Å². The molecular weight excluding hydrogens is 274 g/mol. The average Bonchev–Trinajstić information content (AvgIpc) is 2.98. The van der Waals surface area contributed by atoms with Gasteiger partial charge in [0.2, 0.25) is 0 Å². The SMILES string of the molecule is CCN1CCCC1CNC(N)=NCC1CCCN(C(C)C)C1. The fourth-order valence-corrected chi connectivity index (χ4v) is 3.76. The van der Waals surface area contributed by atoms with Gasteiger partial charge < -0.3 is 16.0 Å². The Hall–Kier alpha value is -0.810. The third-order valence-electron chi connectivity index (χ3n) is 5.22. The van der Waals surface area contributed by atoms with Crippen molar-refractivity contribution in [1.29, 1.82) is 0 Å². The standard InChI is InChI=1S/C17H35N5/c1-4-21-9-6-8-16(21)12-20-17(18)19-11-15-7-5-10-22(13-15)14(2)3/h14-16H,4-13H2,1-3H3,(H3,18,19,20). The lowest BCUT2D eigenvalue weighted by Crippen LogP contribution is -2.43. The molecule has 0 aromatic heterocycles. The lowest BCUT2D eigenvalue weighted by atomic mass is 9.97. The normalized spacial score (nSPS) is 28.5. The number of likely N-dealkylation sites (tertiary alicyclic amines) is 2. The highest BCUT2D eigenvalue weighted by Gasteiger charge is 2.23. The van der Waals surface area contributed by atoms with Crippen LogP contribution in [0.15, 0.2) is 4.99 Å². The second kappa shape index (κ2) is 8.73. The molecule has 2 heterocycles. The summed E-state index contributed by atoms with van der Waals surface area (Å²) < 4.78 is 0. The zero-order valence-electron chi connectivity index (χ0n) is 14.7. The van der Waals surface area contributed by atoms with E-state index in [1.165, 1.54) is 45.3 Å². The van der Waals surface area contributed by atoms with E-state index in [1.54, 1.807) is 0 Å². The lowest BCUT2D eigenvalue weighted by Gasteiger charge is -2.34. The molecule has 2 unspecified atom stereocenters. The Labute approximate surface area is 136 Å². The van der Waals surface area contributed by atoms with Crippen LogP contribution in [0.1, 0.15) is 46.5 Å². The molecule has 2 fully saturated rings. The van der Waals surface area contributed by atoms with Crippen LogP contribution in [0.2, 0.25) is 0 Å². The Morgan fingerprint density at radius 3 is 2.77 bits per heavy atom. The summed E-state index contributed by atoms with van der Waals surface area (Å²) in [7, 11) is 0. The number of hydrogen-bond donors (Lipinski definition) is 2. The number of hydrogen-bond acceptors (Lipinski definition) is 3. The Balaban J connectivity index is 1.70. The third kappa shape index (κ3) is 5.13. The summed E-state index contributed by atoms with van der Waals surface area (Å²) in [5.41, 5.74) is 6.06. The maximum absolute atomic E-state index is 6.06. The van der Waals surface area contributed by atoms with Gasteiger partial charge in [0.15, 0.2) is 5.96 Å². The van der Waals surface area contributed by atoms with E-state index in [0.29, 0.717) is 24.0 Å². The van der Waals surface area contributed by atoms with Gasteiger partial charge >= 0.3 is 0 Å². The molecule has 0 aliphatic carbocycles. The molecule has 0 aromatic rings. The Kier molecular flexibility index (Phi) is 6.96. The van der Waals surface area contributed by atoms with Crippen LogP contribution in [0.4, 0.5) is 0 Å². The van der Waals surface area contributed by atoms with Crippen LogP contribution in [0, 0.1) is 5.92 Å². The molecule has 2 aliphatic rings. The minimum Gasteiger partial charge on any atom is -0.370 e. The maximum Gasteiger partial charge on any atom is 0.188 e. The molecule has 0 aromatic carbocycles. The molecule has 0 radical (unpaired) electrons. The molecule has 0 bridgehead atoms. The van der Waals surface area contributed by atoms with Crippen LogP contribution in [0.3, 0.4) is 0 Å². The van der Waals surface area contributed by atoms with Gasteiger partial charge in [-0.25, -0.2) is 0 Å². The summed E-state index contributed by atoms with van der Waals surface area (Å²) in [6.07, 6.45) is 5.16. The Bertz CT molecular complexity index is 355. The first-order chi connectivity index (χ1) is 10.6. The zero-order chi connectivity index (χ0) is 15.9. The molecule has 0 saturated carbocycles. The van der Waals surface area contributed by atoms with E-state index in [-0.39, 0.29) is 0 Å². The minimum absolute atomic E-state index is 0.629. The van der Waals surface area contributed by atoms with Crippen LogP contribution in [0.5, 0.6) is 0 Å². The van der Waals surface area contributed by atoms with Crippen LogP contribution in [0.25, 0.3) is 0 Å². The molecule has 5 heteroatoms. The number of likely N-dealkylation sites (N-methyl/N-ethyl adjacent to an activating group) is 1. The molecule has 3 N–H and O–H groups in total. The molecule has 128 valence electrons. The zero-order valence-corrected chi connectivity index (χ0v) is 14.7. The second-order valence-corrected chi connectivity index (χ2v) is 7.13. The number of aliphatic imine (C=N–C) groups is 1. The largest absolute Gasteiger partial charge is 0.370 e. The van der Waals surface area contributed by atoms with E-state index in [0.717, 1.165) is 19.6 Å². The number of nitrogens with one attached hydrogen (secondary N) is 1. The van der Waals surface area contributed by atoms with Crippen molar-refractivity contribution in [2.75, 3.05) is 39.3 Å². The van der Waals surface area contributed by atoms with Crippen molar-refractivity contribution in [3.63, 3.8) is 0 Å². The third-order valence-corrected chi connectivity index (χ3v) is 5.22. The topological polar surface area (TPSA) is 56.9 Å². The summed E-state index contributed by atoms with van der Waals surface area (Å²) in [6.45, 7) is 13.4. The first kappa shape index (κ1) is 17.5. The van der Waals surface area contributed by atoms with E-state index in [4.69, 9.17) is 5.73 Å². The van der Waals surface area contributed by atoms with Crippen molar-refractivity contribution < 1.29 is 0 Å². The quantitative estimate of drug-likeness (QED) is 0.577. The van der Waals surface area contributed by atoms with Gasteiger partial charge in [-0.15, -0.1) is 0 Å². The number of nitrogens with zero attached hydrogens (tertiary/aromatic N) is 3. The van der Waals surface area contributed by atoms with Gasteiger partial charge in [-0.3, -0.25) is 9.89 Å². The van der Waals surface area contributed by atoms with Gasteiger partial charge in [0.05, 0.1) is 0 Å². The maximum atomic E-state index is 6.06. The van der Waals surface area contributed by atoms with Crippen molar-refractivity contribution in [2.24, 2.45) is 16.6 Å². The van der Waals surface area contributed by atoms with E-state index < -0.39 is 0 Å². The van der Waals surface area contributed by atoms with Crippen LogP contribution < -0.4 is 11.1 Å². The predicted molar refractivity (Wildman–Crippen MR) is 94.2 cm³/mol. The average molecular weight is 310 g/mol. The molecule has 22 heavy (non-hydrogen) atoms. The van der Waals surface area contributed by atoms with Crippen molar-refractivity contribution in [1.82, 2.24) is 15.1 Å². The fraction of sp³-hybridized carbons (Fsp3) is 0.941. The van der Waals surface area contributed by atoms with E-state index >= 15 is 0 Å². The van der Waals surface area contributed by atoms with E-state index in [1.807, 2.05) is 0 Å². The summed E-state index contributed by atoms with van der Waals surface area (Å²) in [5.74, 6) is 1.29. The highest BCUT2D eigenvalue weighted by molar-refractivity contribution is 5.77. The van der Waals surface area contributed by atoms with Crippen molar-refractivity contribution >= 4 is 5.96 Å². The molecule has 5 nitrogen and oxygen atoms in total. The van der Waals surface area contributed by atoms with Gasteiger partial charge in [0.25, 0.3) is 0 Å². The Morgan fingerprint density at radius 2 is 2.05 bits per heavy atom. The molecular formula is C17H35N5. The summed E-state index contributed by atoms with van der Waals surface area (Å²) in [5, 5.41) is 3.33. The highest BCUT2D eigenvalue weighted by atomic mass is 15.2. The van der Waals surface area contributed by atoms with Gasteiger partial charge in [-0.1, -0.05) is 6.92 Å². The molecule has 0 spiro atoms. The molecule has 2 atom stereocenters. The van der Waals surface area contributed by atoms with Crippen LogP contribution >= 0.6 is 0 Å². The molecule has 0 amide bonds. The lowest BCUT2D eigenvalue weighted by molar-refractivity contribution is 0.143. The number of guanidine groups is 1. The first-order valence-electron chi connectivity index (χ1n) is 9.12.